The number of aliphatic hydroxyl groups is 2. The zero-order chi connectivity index (χ0) is 23.9. The second-order valence-corrected chi connectivity index (χ2v) is 8.11. The molecular weight excluding hydrogens is 396 g/mol. The fraction of sp³-hybridized carbons (Fsp3) is 0.440. The number of benzene rings is 2. The van der Waals surface area contributed by atoms with Crippen LogP contribution in [0.15, 0.2) is 60.7 Å². The molecule has 0 spiro atoms. The lowest BCUT2D eigenvalue weighted by molar-refractivity contribution is 0.00497. The molecule has 0 saturated heterocycles. The van der Waals surface area contributed by atoms with E-state index in [2.05, 4.69) is 27.7 Å². The SMILES string of the molecule is CC(C)CCC(CO)(CO)C(C)C.O=C(O)c1ccccc1.O=C(O)c1ccccc1. The van der Waals surface area contributed by atoms with Crippen molar-refractivity contribution >= 4 is 11.9 Å². The lowest BCUT2D eigenvalue weighted by atomic mass is 9.74. The first-order valence-corrected chi connectivity index (χ1v) is 10.4. The Morgan fingerprint density at radius 1 is 0.742 bits per heavy atom. The van der Waals surface area contributed by atoms with Crippen LogP contribution in [-0.2, 0) is 0 Å². The molecule has 0 aliphatic carbocycles. The number of aromatic carboxylic acids is 2. The van der Waals surface area contributed by atoms with Gasteiger partial charge in [-0.1, -0.05) is 70.5 Å². The summed E-state index contributed by atoms with van der Waals surface area (Å²) in [5, 5.41) is 35.4. The minimum Gasteiger partial charge on any atom is -0.478 e. The fourth-order valence-corrected chi connectivity index (χ4v) is 2.60. The van der Waals surface area contributed by atoms with Crippen molar-refractivity contribution in [1.29, 1.82) is 0 Å². The van der Waals surface area contributed by atoms with Crippen LogP contribution in [0.3, 0.4) is 0 Å². The van der Waals surface area contributed by atoms with Gasteiger partial charge in [-0.25, -0.2) is 9.59 Å². The molecule has 0 bridgehead atoms. The van der Waals surface area contributed by atoms with Crippen molar-refractivity contribution in [2.75, 3.05) is 13.2 Å². The van der Waals surface area contributed by atoms with Gasteiger partial charge in [0.15, 0.2) is 0 Å². The predicted molar refractivity (Wildman–Crippen MR) is 122 cm³/mol. The lowest BCUT2D eigenvalue weighted by Crippen LogP contribution is -2.35. The van der Waals surface area contributed by atoms with Gasteiger partial charge in [-0.15, -0.1) is 0 Å². The van der Waals surface area contributed by atoms with Crippen LogP contribution in [0.1, 0.15) is 61.3 Å². The van der Waals surface area contributed by atoms with Gasteiger partial charge >= 0.3 is 11.9 Å². The summed E-state index contributed by atoms with van der Waals surface area (Å²) in [6, 6.07) is 16.6. The molecule has 0 radical (unpaired) electrons. The number of carboxylic acid groups (broad SMARTS) is 2. The van der Waals surface area contributed by atoms with Crippen molar-refractivity contribution in [1.82, 2.24) is 0 Å². The highest BCUT2D eigenvalue weighted by atomic mass is 16.4. The molecule has 0 saturated carbocycles. The zero-order valence-electron chi connectivity index (χ0n) is 18.9. The molecule has 172 valence electrons. The van der Waals surface area contributed by atoms with Crippen LogP contribution in [0.5, 0.6) is 0 Å². The number of aliphatic hydroxyl groups excluding tert-OH is 2. The number of hydrogen-bond donors (Lipinski definition) is 4. The highest BCUT2D eigenvalue weighted by Gasteiger charge is 2.32. The van der Waals surface area contributed by atoms with E-state index < -0.39 is 11.9 Å². The molecule has 2 rings (SSSR count). The first-order valence-electron chi connectivity index (χ1n) is 10.4. The van der Waals surface area contributed by atoms with E-state index in [9.17, 15) is 19.8 Å². The summed E-state index contributed by atoms with van der Waals surface area (Å²) in [6.07, 6.45) is 1.98. The average molecular weight is 433 g/mol. The Balaban J connectivity index is 0.000000445. The van der Waals surface area contributed by atoms with E-state index in [0.29, 0.717) is 23.0 Å². The van der Waals surface area contributed by atoms with Crippen LogP contribution in [-0.4, -0.2) is 45.6 Å². The summed E-state index contributed by atoms with van der Waals surface area (Å²) in [4.78, 5) is 20.4. The first-order chi connectivity index (χ1) is 14.6. The molecule has 0 atom stereocenters. The monoisotopic (exact) mass is 432 g/mol. The van der Waals surface area contributed by atoms with E-state index in [1.807, 2.05) is 0 Å². The third-order valence-electron chi connectivity index (χ3n) is 5.12. The molecule has 0 aromatic heterocycles. The Labute approximate surface area is 185 Å². The molecule has 6 nitrogen and oxygen atoms in total. The molecule has 0 aliphatic heterocycles. The highest BCUT2D eigenvalue weighted by Crippen LogP contribution is 2.33. The molecule has 0 amide bonds. The summed E-state index contributed by atoms with van der Waals surface area (Å²) < 4.78 is 0. The van der Waals surface area contributed by atoms with Crippen molar-refractivity contribution in [3.8, 4) is 0 Å². The summed E-state index contributed by atoms with van der Waals surface area (Å²) in [7, 11) is 0. The van der Waals surface area contributed by atoms with Crippen molar-refractivity contribution in [3.05, 3.63) is 71.8 Å². The van der Waals surface area contributed by atoms with Gasteiger partial charge in [0, 0.05) is 5.41 Å². The quantitative estimate of drug-likeness (QED) is 0.475. The standard InChI is InChI=1S/C11H24O2.2C7H6O2/c1-9(2)5-6-11(7-12,8-13)10(3)4;2*8-7(9)6-4-2-1-3-5-6/h9-10,12-13H,5-8H2,1-4H3;2*1-5H,(H,8,9). The summed E-state index contributed by atoms with van der Waals surface area (Å²) in [5.74, 6) is -0.788. The van der Waals surface area contributed by atoms with Crippen LogP contribution in [0.4, 0.5) is 0 Å². The molecule has 4 N–H and O–H groups in total. The lowest BCUT2D eigenvalue weighted by Gasteiger charge is -2.34. The van der Waals surface area contributed by atoms with E-state index in [1.54, 1.807) is 60.7 Å². The molecule has 31 heavy (non-hydrogen) atoms. The van der Waals surface area contributed by atoms with E-state index in [-0.39, 0.29) is 18.6 Å². The van der Waals surface area contributed by atoms with Gasteiger partial charge in [0.05, 0.1) is 24.3 Å². The average Bonchev–Trinajstić information content (AvgIpc) is 2.76. The number of rotatable bonds is 8. The summed E-state index contributed by atoms with van der Waals surface area (Å²) in [5.41, 5.74) is 0.388. The molecule has 6 heteroatoms. The molecule has 2 aromatic rings. The topological polar surface area (TPSA) is 115 Å². The number of hydrogen-bond acceptors (Lipinski definition) is 4. The van der Waals surface area contributed by atoms with Crippen molar-refractivity contribution < 1.29 is 30.0 Å². The minimum atomic E-state index is -0.879. The highest BCUT2D eigenvalue weighted by molar-refractivity contribution is 5.87. The first kappa shape index (κ1) is 28.3. The van der Waals surface area contributed by atoms with Crippen molar-refractivity contribution in [2.45, 2.75) is 40.5 Å². The molecular formula is C25H36O6. The number of carbonyl (C=O) groups is 2. The minimum absolute atomic E-state index is 0.0912. The fourth-order valence-electron chi connectivity index (χ4n) is 2.60. The Kier molecular flexibility index (Phi) is 13.8. The Morgan fingerprint density at radius 3 is 1.29 bits per heavy atom. The second-order valence-electron chi connectivity index (χ2n) is 8.11. The van der Waals surface area contributed by atoms with Crippen LogP contribution in [0, 0.1) is 17.3 Å². The third-order valence-corrected chi connectivity index (χ3v) is 5.12. The van der Waals surface area contributed by atoms with E-state index in [1.165, 1.54) is 0 Å². The Bertz CT molecular complexity index is 688. The van der Waals surface area contributed by atoms with Crippen LogP contribution in [0.2, 0.25) is 0 Å². The van der Waals surface area contributed by atoms with E-state index in [4.69, 9.17) is 10.2 Å². The van der Waals surface area contributed by atoms with E-state index >= 15 is 0 Å². The molecule has 2 aromatic carbocycles. The number of carboxylic acids is 2. The van der Waals surface area contributed by atoms with Crippen molar-refractivity contribution in [3.63, 3.8) is 0 Å². The predicted octanol–water partition coefficient (Wildman–Crippen LogP) is 4.82. The van der Waals surface area contributed by atoms with Gasteiger partial charge in [0.2, 0.25) is 0 Å². The third kappa shape index (κ3) is 11.3. The van der Waals surface area contributed by atoms with Gasteiger partial charge in [0.25, 0.3) is 0 Å². The maximum Gasteiger partial charge on any atom is 0.335 e. The van der Waals surface area contributed by atoms with Gasteiger partial charge in [-0.2, -0.15) is 0 Å². The van der Waals surface area contributed by atoms with Crippen LogP contribution in [0.25, 0.3) is 0 Å². The molecule has 0 unspecified atom stereocenters. The summed E-state index contributed by atoms with van der Waals surface area (Å²) in [6.45, 7) is 8.64. The second kappa shape index (κ2) is 15.2. The Morgan fingerprint density at radius 2 is 1.10 bits per heavy atom. The van der Waals surface area contributed by atoms with Crippen molar-refractivity contribution in [2.24, 2.45) is 17.3 Å². The van der Waals surface area contributed by atoms with Gasteiger partial charge in [-0.3, -0.25) is 0 Å². The maximum atomic E-state index is 10.2. The zero-order valence-corrected chi connectivity index (χ0v) is 18.9. The normalized spacial score (nSPS) is 10.6. The van der Waals surface area contributed by atoms with E-state index in [0.717, 1.165) is 12.8 Å². The molecule has 0 heterocycles. The van der Waals surface area contributed by atoms with Crippen LogP contribution >= 0.6 is 0 Å². The molecule has 0 aliphatic rings. The van der Waals surface area contributed by atoms with Gasteiger partial charge in [0.1, 0.15) is 0 Å². The Hall–Kier alpha value is -2.70. The maximum absolute atomic E-state index is 10.2. The summed E-state index contributed by atoms with van der Waals surface area (Å²) >= 11 is 0. The van der Waals surface area contributed by atoms with Gasteiger partial charge < -0.3 is 20.4 Å². The smallest absolute Gasteiger partial charge is 0.335 e. The van der Waals surface area contributed by atoms with Gasteiger partial charge in [-0.05, 0) is 42.5 Å². The largest absolute Gasteiger partial charge is 0.478 e. The van der Waals surface area contributed by atoms with Crippen LogP contribution < -0.4 is 0 Å². The molecule has 0 fully saturated rings.